The minimum Gasteiger partial charge on any atom is -0.330 e. The highest BCUT2D eigenvalue weighted by Crippen LogP contribution is 2.20. The average Bonchev–Trinajstić information content (AvgIpc) is 2.32. The topological polar surface area (TPSA) is 58.4 Å². The summed E-state index contributed by atoms with van der Waals surface area (Å²) in [6, 6.07) is 5.81. The van der Waals surface area contributed by atoms with Gasteiger partial charge in [0, 0.05) is 16.7 Å². The number of halogens is 1. The minimum atomic E-state index is -0.00857. The van der Waals surface area contributed by atoms with Gasteiger partial charge >= 0.3 is 0 Å². The van der Waals surface area contributed by atoms with Gasteiger partial charge in [-0.15, -0.1) is 0 Å². The average molecular weight is 342 g/mol. The maximum absolute atomic E-state index is 12.0. The highest BCUT2D eigenvalue weighted by Gasteiger charge is 2.19. The lowest BCUT2D eigenvalue weighted by Gasteiger charge is -2.28. The summed E-state index contributed by atoms with van der Waals surface area (Å²) in [5.74, 6) is -0.00857. The van der Waals surface area contributed by atoms with Gasteiger partial charge in [-0.1, -0.05) is 29.8 Å². The summed E-state index contributed by atoms with van der Waals surface area (Å²) in [5, 5.41) is 2.94. The van der Waals surface area contributed by atoms with E-state index in [1.165, 1.54) is 0 Å². The number of nitrogens with two attached hydrogens (primary N) is 1. The van der Waals surface area contributed by atoms with Crippen LogP contribution in [0.15, 0.2) is 22.7 Å². The van der Waals surface area contributed by atoms with Crippen LogP contribution in [-0.4, -0.2) is 37.5 Å². The van der Waals surface area contributed by atoms with Crippen molar-refractivity contribution in [3.63, 3.8) is 0 Å². The lowest BCUT2D eigenvalue weighted by atomic mass is 9.93. The van der Waals surface area contributed by atoms with Gasteiger partial charge in [0.1, 0.15) is 0 Å². The van der Waals surface area contributed by atoms with Gasteiger partial charge in [0.2, 0.25) is 5.91 Å². The number of hydrogen-bond donors (Lipinski definition) is 2. The molecule has 0 fully saturated rings. The van der Waals surface area contributed by atoms with Crippen LogP contribution in [0.25, 0.3) is 0 Å². The largest absolute Gasteiger partial charge is 0.330 e. The van der Waals surface area contributed by atoms with Gasteiger partial charge in [0.15, 0.2) is 0 Å². The molecule has 0 saturated heterocycles. The maximum atomic E-state index is 12.0. The Labute approximate surface area is 129 Å². The Morgan fingerprint density at radius 1 is 1.45 bits per heavy atom. The van der Waals surface area contributed by atoms with E-state index in [4.69, 9.17) is 5.73 Å². The number of likely N-dealkylation sites (N-methyl/N-ethyl adjacent to an activating group) is 1. The number of nitrogens with one attached hydrogen (secondary N) is 1. The smallest absolute Gasteiger partial charge is 0.238 e. The van der Waals surface area contributed by atoms with Crippen molar-refractivity contribution in [2.24, 2.45) is 11.1 Å². The summed E-state index contributed by atoms with van der Waals surface area (Å²) >= 11 is 3.41. The number of nitrogens with zero attached hydrogens (tertiary/aromatic N) is 1. The van der Waals surface area contributed by atoms with Crippen molar-refractivity contribution in [1.29, 1.82) is 0 Å². The van der Waals surface area contributed by atoms with E-state index in [1.807, 2.05) is 37.1 Å². The molecular weight excluding hydrogens is 318 g/mol. The van der Waals surface area contributed by atoms with E-state index in [2.05, 4.69) is 35.1 Å². The second-order valence-corrected chi connectivity index (χ2v) is 6.96. The molecule has 0 bridgehead atoms. The Kier molecular flexibility index (Phi) is 6.17. The third-order valence-electron chi connectivity index (χ3n) is 3.13. The molecule has 4 nitrogen and oxygen atoms in total. The Morgan fingerprint density at radius 3 is 2.65 bits per heavy atom. The second kappa shape index (κ2) is 7.20. The first kappa shape index (κ1) is 17.1. The summed E-state index contributed by atoms with van der Waals surface area (Å²) in [4.78, 5) is 14.0. The highest BCUT2D eigenvalue weighted by atomic mass is 79.9. The highest BCUT2D eigenvalue weighted by molar-refractivity contribution is 9.10. The van der Waals surface area contributed by atoms with Crippen molar-refractivity contribution in [1.82, 2.24) is 4.90 Å². The summed E-state index contributed by atoms with van der Waals surface area (Å²) in [6.45, 7) is 7.92. The minimum absolute atomic E-state index is 0.00857. The number of benzene rings is 1. The van der Waals surface area contributed by atoms with Gasteiger partial charge in [-0.05, 0) is 49.7 Å². The second-order valence-electron chi connectivity index (χ2n) is 6.05. The van der Waals surface area contributed by atoms with E-state index in [1.54, 1.807) is 0 Å². The zero-order chi connectivity index (χ0) is 15.3. The van der Waals surface area contributed by atoms with Crippen LogP contribution < -0.4 is 11.1 Å². The van der Waals surface area contributed by atoms with E-state index in [-0.39, 0.29) is 11.3 Å². The molecule has 5 heteroatoms. The lowest BCUT2D eigenvalue weighted by Crippen LogP contribution is -2.40. The molecule has 0 unspecified atom stereocenters. The Balaban J connectivity index is 2.55. The van der Waals surface area contributed by atoms with Crippen molar-refractivity contribution in [3.05, 3.63) is 28.2 Å². The van der Waals surface area contributed by atoms with Gasteiger partial charge in [0.25, 0.3) is 0 Å². The van der Waals surface area contributed by atoms with Gasteiger partial charge in [-0.25, -0.2) is 0 Å². The van der Waals surface area contributed by atoms with Crippen molar-refractivity contribution in [2.45, 2.75) is 20.8 Å². The number of anilines is 1. The van der Waals surface area contributed by atoms with E-state index in [9.17, 15) is 4.79 Å². The first-order chi connectivity index (χ1) is 9.23. The molecule has 0 aliphatic carbocycles. The van der Waals surface area contributed by atoms with Crippen molar-refractivity contribution >= 4 is 27.5 Å². The van der Waals surface area contributed by atoms with Crippen LogP contribution in [-0.2, 0) is 4.79 Å². The molecule has 112 valence electrons. The summed E-state index contributed by atoms with van der Waals surface area (Å²) in [7, 11) is 1.94. The SMILES string of the molecule is Cc1cc(Br)ccc1NC(=O)CN(C)CC(C)(C)CN. The maximum Gasteiger partial charge on any atom is 0.238 e. The summed E-state index contributed by atoms with van der Waals surface area (Å²) in [6.07, 6.45) is 0. The van der Waals surface area contributed by atoms with Gasteiger partial charge in [-0.2, -0.15) is 0 Å². The number of hydrogen-bond acceptors (Lipinski definition) is 3. The fraction of sp³-hybridized carbons (Fsp3) is 0.533. The van der Waals surface area contributed by atoms with Crippen LogP contribution >= 0.6 is 15.9 Å². The van der Waals surface area contributed by atoms with Crippen LogP contribution in [0.1, 0.15) is 19.4 Å². The molecule has 0 atom stereocenters. The summed E-state index contributed by atoms with van der Waals surface area (Å²) in [5.41, 5.74) is 7.62. The predicted molar refractivity (Wildman–Crippen MR) is 87.8 cm³/mol. The molecule has 0 heterocycles. The molecule has 0 aromatic heterocycles. The number of carbonyl (C=O) groups is 1. The standard InChI is InChI=1S/C15H24BrN3O/c1-11-7-12(16)5-6-13(11)18-14(20)8-19(4)10-15(2,3)9-17/h5-7H,8-10,17H2,1-4H3,(H,18,20). The first-order valence-corrected chi connectivity index (χ1v) is 7.47. The van der Waals surface area contributed by atoms with Crippen molar-refractivity contribution in [2.75, 3.05) is 32.0 Å². The van der Waals surface area contributed by atoms with Crippen molar-refractivity contribution < 1.29 is 4.79 Å². The van der Waals surface area contributed by atoms with Gasteiger partial charge < -0.3 is 11.1 Å². The number of amides is 1. The van der Waals surface area contributed by atoms with E-state index >= 15 is 0 Å². The van der Waals surface area contributed by atoms with Crippen LogP contribution in [0.5, 0.6) is 0 Å². The first-order valence-electron chi connectivity index (χ1n) is 6.68. The molecule has 0 spiro atoms. The molecule has 0 radical (unpaired) electrons. The number of carbonyl (C=O) groups excluding carboxylic acids is 1. The van der Waals surface area contributed by atoms with Crippen LogP contribution in [0.2, 0.25) is 0 Å². The molecule has 0 aliphatic rings. The van der Waals surface area contributed by atoms with Crippen LogP contribution in [0.4, 0.5) is 5.69 Å². The quantitative estimate of drug-likeness (QED) is 0.836. The van der Waals surface area contributed by atoms with E-state index in [0.717, 1.165) is 22.3 Å². The molecule has 0 aliphatic heterocycles. The lowest BCUT2D eigenvalue weighted by molar-refractivity contribution is -0.117. The zero-order valence-electron chi connectivity index (χ0n) is 12.7. The molecule has 1 aromatic carbocycles. The molecule has 20 heavy (non-hydrogen) atoms. The number of aryl methyl sites for hydroxylation is 1. The van der Waals surface area contributed by atoms with Crippen LogP contribution in [0, 0.1) is 12.3 Å². The normalized spacial score (nSPS) is 11.8. The molecule has 1 aromatic rings. The zero-order valence-corrected chi connectivity index (χ0v) is 14.3. The Hall–Kier alpha value is -0.910. The molecule has 1 amide bonds. The van der Waals surface area contributed by atoms with E-state index < -0.39 is 0 Å². The van der Waals surface area contributed by atoms with E-state index in [0.29, 0.717) is 13.1 Å². The Morgan fingerprint density at radius 2 is 2.10 bits per heavy atom. The molecule has 3 N–H and O–H groups in total. The van der Waals surface area contributed by atoms with Gasteiger partial charge in [0.05, 0.1) is 6.54 Å². The third kappa shape index (κ3) is 5.61. The predicted octanol–water partition coefficient (Wildman–Crippen LogP) is 2.61. The fourth-order valence-electron chi connectivity index (χ4n) is 2.05. The molecular formula is C15H24BrN3O. The number of rotatable bonds is 6. The van der Waals surface area contributed by atoms with Crippen LogP contribution in [0.3, 0.4) is 0 Å². The Bertz CT molecular complexity index is 474. The third-order valence-corrected chi connectivity index (χ3v) is 3.62. The fourth-order valence-corrected chi connectivity index (χ4v) is 2.53. The summed E-state index contributed by atoms with van der Waals surface area (Å²) < 4.78 is 1.01. The monoisotopic (exact) mass is 341 g/mol. The molecule has 0 saturated carbocycles. The van der Waals surface area contributed by atoms with Gasteiger partial charge in [-0.3, -0.25) is 9.69 Å². The van der Waals surface area contributed by atoms with Crippen molar-refractivity contribution in [3.8, 4) is 0 Å². The molecule has 1 rings (SSSR count).